The summed E-state index contributed by atoms with van der Waals surface area (Å²) in [6, 6.07) is 5.70. The Hall–Kier alpha value is -1.91. The lowest BCUT2D eigenvalue weighted by Gasteiger charge is -1.99. The van der Waals surface area contributed by atoms with E-state index in [0.717, 1.165) is 6.29 Å². The van der Waals surface area contributed by atoms with Gasteiger partial charge in [0.1, 0.15) is 12.1 Å². The molecule has 17 heavy (non-hydrogen) atoms. The van der Waals surface area contributed by atoms with Crippen LogP contribution in [0.3, 0.4) is 0 Å². The summed E-state index contributed by atoms with van der Waals surface area (Å²) in [5, 5.41) is 8.29. The van der Waals surface area contributed by atoms with Gasteiger partial charge in [-0.25, -0.2) is 4.39 Å². The zero-order chi connectivity index (χ0) is 13.3. The molecule has 4 nitrogen and oxygen atoms in total. The number of carbonyl (C=O) groups excluding carboxylic acids is 1. The Labute approximate surface area is 99.2 Å². The van der Waals surface area contributed by atoms with Crippen LogP contribution < -0.4 is 5.73 Å². The van der Waals surface area contributed by atoms with E-state index >= 15 is 0 Å². The van der Waals surface area contributed by atoms with Crippen molar-refractivity contribution in [3.8, 4) is 0 Å². The highest BCUT2D eigenvalue weighted by molar-refractivity contribution is 5.69. The molecule has 0 saturated carbocycles. The van der Waals surface area contributed by atoms with Crippen LogP contribution in [0, 0.1) is 11.7 Å². The Balaban J connectivity index is 0.000000302. The quantitative estimate of drug-likeness (QED) is 0.624. The second-order valence-corrected chi connectivity index (χ2v) is 3.53. The van der Waals surface area contributed by atoms with Crippen molar-refractivity contribution in [3.63, 3.8) is 0 Å². The molecule has 94 valence electrons. The van der Waals surface area contributed by atoms with Crippen molar-refractivity contribution in [1.82, 2.24) is 0 Å². The second-order valence-electron chi connectivity index (χ2n) is 3.53. The summed E-state index contributed by atoms with van der Waals surface area (Å²) in [5.41, 5.74) is 5.85. The number of anilines is 1. The summed E-state index contributed by atoms with van der Waals surface area (Å²) < 4.78 is 12.0. The molecule has 0 spiro atoms. The van der Waals surface area contributed by atoms with Gasteiger partial charge in [0.2, 0.25) is 0 Å². The van der Waals surface area contributed by atoms with Gasteiger partial charge in [0.05, 0.1) is 5.92 Å². The largest absolute Gasteiger partial charge is 0.481 e. The van der Waals surface area contributed by atoms with Gasteiger partial charge in [-0.1, -0.05) is 6.92 Å². The first-order valence-corrected chi connectivity index (χ1v) is 5.14. The fourth-order valence-corrected chi connectivity index (χ4v) is 0.904. The molecule has 1 aromatic carbocycles. The zero-order valence-electron chi connectivity index (χ0n) is 9.60. The number of carbonyl (C=O) groups is 2. The molecular formula is C12H16FNO3. The summed E-state index contributed by atoms with van der Waals surface area (Å²) in [4.78, 5) is 19.8. The van der Waals surface area contributed by atoms with E-state index in [9.17, 15) is 14.0 Å². The third kappa shape index (κ3) is 7.96. The molecule has 0 aliphatic rings. The van der Waals surface area contributed by atoms with Gasteiger partial charge in [-0.3, -0.25) is 4.79 Å². The van der Waals surface area contributed by atoms with E-state index in [2.05, 4.69) is 0 Å². The topological polar surface area (TPSA) is 80.4 Å². The molecular weight excluding hydrogens is 225 g/mol. The Morgan fingerprint density at radius 3 is 2.35 bits per heavy atom. The van der Waals surface area contributed by atoms with Crippen LogP contribution >= 0.6 is 0 Å². The Morgan fingerprint density at radius 1 is 1.47 bits per heavy atom. The van der Waals surface area contributed by atoms with Crippen LogP contribution in [0.2, 0.25) is 0 Å². The van der Waals surface area contributed by atoms with Crippen molar-refractivity contribution in [1.29, 1.82) is 0 Å². The SMILES string of the molecule is CC(CCC=O)C(=O)O.Nc1ccc(F)cc1. The molecule has 0 aliphatic heterocycles. The lowest BCUT2D eigenvalue weighted by molar-refractivity contribution is -0.141. The molecule has 1 unspecified atom stereocenters. The lowest BCUT2D eigenvalue weighted by Crippen LogP contribution is -2.08. The number of aliphatic carboxylic acids is 1. The number of hydrogen-bond acceptors (Lipinski definition) is 3. The summed E-state index contributed by atoms with van der Waals surface area (Å²) >= 11 is 0. The first-order valence-electron chi connectivity index (χ1n) is 5.14. The molecule has 0 aromatic heterocycles. The molecule has 3 N–H and O–H groups in total. The van der Waals surface area contributed by atoms with E-state index in [0.29, 0.717) is 18.5 Å². The van der Waals surface area contributed by atoms with E-state index in [4.69, 9.17) is 10.8 Å². The van der Waals surface area contributed by atoms with Crippen LogP contribution in [-0.2, 0) is 9.59 Å². The number of carboxylic acids is 1. The summed E-state index contributed by atoms with van der Waals surface area (Å²) in [6.45, 7) is 1.59. The van der Waals surface area contributed by atoms with Gasteiger partial charge in [-0.15, -0.1) is 0 Å². The van der Waals surface area contributed by atoms with Gasteiger partial charge < -0.3 is 15.6 Å². The number of carboxylic acid groups (broad SMARTS) is 1. The van der Waals surface area contributed by atoms with Crippen molar-refractivity contribution in [2.45, 2.75) is 19.8 Å². The number of rotatable bonds is 4. The van der Waals surface area contributed by atoms with Crippen LogP contribution in [0.1, 0.15) is 19.8 Å². The standard InChI is InChI=1S/C6H6FN.C6H10O3/c7-5-1-3-6(8)4-2-5;1-5(6(8)9)3-2-4-7/h1-4H,8H2;4-5H,2-3H2,1H3,(H,8,9). The molecule has 1 atom stereocenters. The summed E-state index contributed by atoms with van der Waals surface area (Å²) in [7, 11) is 0. The first-order chi connectivity index (χ1) is 7.97. The highest BCUT2D eigenvalue weighted by Gasteiger charge is 2.08. The third-order valence-electron chi connectivity index (χ3n) is 2.01. The smallest absolute Gasteiger partial charge is 0.306 e. The predicted octanol–water partition coefficient (Wildman–Crippen LogP) is 2.09. The highest BCUT2D eigenvalue weighted by atomic mass is 19.1. The third-order valence-corrected chi connectivity index (χ3v) is 2.01. The number of benzene rings is 1. The van der Waals surface area contributed by atoms with Crippen LogP contribution in [0.5, 0.6) is 0 Å². The Kier molecular flexibility index (Phi) is 7.34. The molecule has 0 heterocycles. The van der Waals surface area contributed by atoms with Crippen molar-refractivity contribution < 1.29 is 19.1 Å². The maximum atomic E-state index is 12.0. The molecule has 0 saturated heterocycles. The average molecular weight is 241 g/mol. The Morgan fingerprint density at radius 2 is 2.00 bits per heavy atom. The minimum absolute atomic E-state index is 0.251. The highest BCUT2D eigenvalue weighted by Crippen LogP contribution is 2.02. The van der Waals surface area contributed by atoms with Gasteiger partial charge >= 0.3 is 5.97 Å². The Bertz CT molecular complexity index is 330. The van der Waals surface area contributed by atoms with Crippen molar-refractivity contribution in [2.75, 3.05) is 5.73 Å². The molecule has 0 fully saturated rings. The molecule has 1 aromatic rings. The fraction of sp³-hybridized carbons (Fsp3) is 0.333. The molecule has 1 rings (SSSR count). The first kappa shape index (κ1) is 15.1. The molecule has 0 radical (unpaired) electrons. The molecule has 0 bridgehead atoms. The zero-order valence-corrected chi connectivity index (χ0v) is 9.60. The van der Waals surface area contributed by atoms with Crippen molar-refractivity contribution in [3.05, 3.63) is 30.1 Å². The number of nitrogens with two attached hydrogens (primary N) is 1. The van der Waals surface area contributed by atoms with E-state index in [-0.39, 0.29) is 5.82 Å². The lowest BCUT2D eigenvalue weighted by atomic mass is 10.1. The molecule has 0 amide bonds. The van der Waals surface area contributed by atoms with E-state index in [1.807, 2.05) is 0 Å². The van der Waals surface area contributed by atoms with Gasteiger partial charge in [-0.2, -0.15) is 0 Å². The predicted molar refractivity (Wildman–Crippen MR) is 62.9 cm³/mol. The van der Waals surface area contributed by atoms with Crippen molar-refractivity contribution in [2.24, 2.45) is 5.92 Å². The number of nitrogen functional groups attached to an aromatic ring is 1. The fourth-order valence-electron chi connectivity index (χ4n) is 0.904. The normalized spacial score (nSPS) is 10.9. The second kappa shape index (κ2) is 8.27. The maximum Gasteiger partial charge on any atom is 0.306 e. The van der Waals surface area contributed by atoms with Gasteiger partial charge in [-0.05, 0) is 30.7 Å². The van der Waals surface area contributed by atoms with Gasteiger partial charge in [0.15, 0.2) is 0 Å². The van der Waals surface area contributed by atoms with E-state index in [1.165, 1.54) is 24.3 Å². The van der Waals surface area contributed by atoms with Crippen molar-refractivity contribution >= 4 is 17.9 Å². The van der Waals surface area contributed by atoms with Crippen LogP contribution in [0.15, 0.2) is 24.3 Å². The summed E-state index contributed by atoms with van der Waals surface area (Å²) in [6.07, 6.45) is 1.52. The maximum absolute atomic E-state index is 12.0. The van der Waals surface area contributed by atoms with Crippen LogP contribution in [0.25, 0.3) is 0 Å². The molecule has 5 heteroatoms. The number of halogens is 1. The van der Waals surface area contributed by atoms with E-state index < -0.39 is 11.9 Å². The van der Waals surface area contributed by atoms with Crippen LogP contribution in [-0.4, -0.2) is 17.4 Å². The summed E-state index contributed by atoms with van der Waals surface area (Å²) in [5.74, 6) is -1.48. The minimum Gasteiger partial charge on any atom is -0.481 e. The number of hydrogen-bond donors (Lipinski definition) is 2. The minimum atomic E-state index is -0.836. The monoisotopic (exact) mass is 241 g/mol. The van der Waals surface area contributed by atoms with Crippen LogP contribution in [0.4, 0.5) is 10.1 Å². The molecule has 0 aliphatic carbocycles. The van der Waals surface area contributed by atoms with Gasteiger partial charge in [0.25, 0.3) is 0 Å². The number of aldehydes is 1. The average Bonchev–Trinajstić information content (AvgIpc) is 2.30. The van der Waals surface area contributed by atoms with E-state index in [1.54, 1.807) is 6.92 Å². The van der Waals surface area contributed by atoms with Gasteiger partial charge in [0, 0.05) is 12.1 Å².